The van der Waals surface area contributed by atoms with E-state index in [0.29, 0.717) is 5.56 Å². The Kier molecular flexibility index (Phi) is 3.01. The fourth-order valence-electron chi connectivity index (χ4n) is 3.58. The molecule has 0 unspecified atom stereocenters. The van der Waals surface area contributed by atoms with Crippen molar-refractivity contribution < 1.29 is 19.8 Å². The maximum Gasteiger partial charge on any atom is 0.256 e. The van der Waals surface area contributed by atoms with Crippen molar-refractivity contribution in [1.82, 2.24) is 9.80 Å². The monoisotopic (exact) mass is 320 g/mol. The lowest BCUT2D eigenvalue weighted by Crippen LogP contribution is -2.67. The van der Waals surface area contributed by atoms with Gasteiger partial charge in [-0.1, -0.05) is 23.9 Å². The van der Waals surface area contributed by atoms with E-state index in [2.05, 4.69) is 0 Å². The minimum atomic E-state index is -1.03. The fraction of sp³-hybridized carbons (Fsp3) is 0.467. The van der Waals surface area contributed by atoms with Crippen LogP contribution in [0.2, 0.25) is 0 Å². The van der Waals surface area contributed by atoms with Crippen molar-refractivity contribution in [3.8, 4) is 0 Å². The highest BCUT2D eigenvalue weighted by atomic mass is 32.2. The Labute approximate surface area is 131 Å². The smallest absolute Gasteiger partial charge is 0.256 e. The highest BCUT2D eigenvalue weighted by Crippen LogP contribution is 2.44. The molecule has 5 atom stereocenters. The predicted molar refractivity (Wildman–Crippen MR) is 79.2 cm³/mol. The standard InChI is InChI=1S/C15H16N2O4S/c1-7-13(20)16-6-9(18)12(19)11(16)15-17(7)14(21)8-4-2-3-5-10(8)22-15/h2-5,7,9,11-12,15,18-19H,6H2,1H3/t7-,9+,11+,12+,15-/m0/s1. The van der Waals surface area contributed by atoms with Gasteiger partial charge in [-0.3, -0.25) is 9.59 Å². The van der Waals surface area contributed by atoms with Gasteiger partial charge in [-0.25, -0.2) is 0 Å². The first-order valence-electron chi connectivity index (χ1n) is 7.25. The molecule has 0 saturated carbocycles. The molecule has 3 aliphatic rings. The second-order valence-corrected chi connectivity index (χ2v) is 7.09. The van der Waals surface area contributed by atoms with E-state index in [1.807, 2.05) is 12.1 Å². The molecule has 2 amide bonds. The lowest BCUT2D eigenvalue weighted by Gasteiger charge is -2.49. The summed E-state index contributed by atoms with van der Waals surface area (Å²) in [6.07, 6.45) is -2.00. The first kappa shape index (κ1) is 14.0. The van der Waals surface area contributed by atoms with Crippen LogP contribution in [0.25, 0.3) is 0 Å². The number of benzene rings is 1. The van der Waals surface area contributed by atoms with Crippen LogP contribution < -0.4 is 0 Å². The molecule has 0 bridgehead atoms. The van der Waals surface area contributed by atoms with Crippen LogP contribution in [0, 0.1) is 0 Å². The molecule has 2 fully saturated rings. The number of carbonyl (C=O) groups excluding carboxylic acids is 2. The average Bonchev–Trinajstić information content (AvgIpc) is 2.81. The number of piperazine rings is 1. The summed E-state index contributed by atoms with van der Waals surface area (Å²) in [6, 6.07) is 6.13. The van der Waals surface area contributed by atoms with Gasteiger partial charge >= 0.3 is 0 Å². The average molecular weight is 320 g/mol. The quantitative estimate of drug-likeness (QED) is 0.697. The zero-order chi connectivity index (χ0) is 15.6. The number of aliphatic hydroxyl groups excluding tert-OH is 2. The van der Waals surface area contributed by atoms with Gasteiger partial charge in [-0.15, -0.1) is 0 Å². The van der Waals surface area contributed by atoms with E-state index in [4.69, 9.17) is 0 Å². The third-order valence-electron chi connectivity index (χ3n) is 4.71. The lowest BCUT2D eigenvalue weighted by atomic mass is 10.0. The SMILES string of the molecule is C[C@H]1C(=O)N2C[C@@H](O)[C@@H](O)[C@@H]2[C@@H]2Sc3ccccc3C(=O)N12. The van der Waals surface area contributed by atoms with Gasteiger partial charge < -0.3 is 20.0 Å². The lowest BCUT2D eigenvalue weighted by molar-refractivity contribution is -0.144. The Bertz CT molecular complexity index is 667. The van der Waals surface area contributed by atoms with Crippen LogP contribution in [0.4, 0.5) is 0 Å². The predicted octanol–water partition coefficient (Wildman–Crippen LogP) is -0.105. The Hall–Kier alpha value is -1.57. The number of carbonyl (C=O) groups is 2. The van der Waals surface area contributed by atoms with Crippen molar-refractivity contribution >= 4 is 23.6 Å². The summed E-state index contributed by atoms with van der Waals surface area (Å²) in [6.45, 7) is 1.82. The zero-order valence-corrected chi connectivity index (χ0v) is 12.7. The highest BCUT2D eigenvalue weighted by molar-refractivity contribution is 8.00. The Morgan fingerprint density at radius 2 is 1.95 bits per heavy atom. The van der Waals surface area contributed by atoms with Crippen molar-refractivity contribution in [2.45, 2.75) is 41.5 Å². The Morgan fingerprint density at radius 1 is 1.23 bits per heavy atom. The number of nitrogens with zero attached hydrogens (tertiary/aromatic N) is 2. The Balaban J connectivity index is 1.82. The van der Waals surface area contributed by atoms with Crippen LogP contribution in [0.5, 0.6) is 0 Å². The van der Waals surface area contributed by atoms with E-state index in [1.54, 1.807) is 24.0 Å². The molecule has 6 nitrogen and oxygen atoms in total. The molecule has 3 heterocycles. The molecule has 0 spiro atoms. The molecule has 1 aromatic rings. The molecule has 2 N–H and O–H groups in total. The first-order chi connectivity index (χ1) is 10.5. The summed E-state index contributed by atoms with van der Waals surface area (Å²) in [7, 11) is 0. The molecular weight excluding hydrogens is 304 g/mol. The first-order valence-corrected chi connectivity index (χ1v) is 8.13. The molecule has 1 aromatic carbocycles. The van der Waals surface area contributed by atoms with Gasteiger partial charge in [0.15, 0.2) is 0 Å². The summed E-state index contributed by atoms with van der Waals surface area (Å²) < 4.78 is 0. The van der Waals surface area contributed by atoms with Crippen LogP contribution >= 0.6 is 11.8 Å². The van der Waals surface area contributed by atoms with Gasteiger partial charge in [0.25, 0.3) is 5.91 Å². The second kappa shape index (κ2) is 4.71. The van der Waals surface area contributed by atoms with Gasteiger partial charge in [0.1, 0.15) is 17.5 Å². The van der Waals surface area contributed by atoms with E-state index in [9.17, 15) is 19.8 Å². The molecule has 0 radical (unpaired) electrons. The summed E-state index contributed by atoms with van der Waals surface area (Å²) in [4.78, 5) is 29.2. The van der Waals surface area contributed by atoms with Crippen LogP contribution in [0.3, 0.4) is 0 Å². The normalized spacial score (nSPS) is 37.0. The molecule has 116 valence electrons. The number of thioether (sulfide) groups is 1. The second-order valence-electron chi connectivity index (χ2n) is 5.93. The van der Waals surface area contributed by atoms with Crippen LogP contribution in [0.15, 0.2) is 29.2 Å². The molecular formula is C15H16N2O4S. The van der Waals surface area contributed by atoms with Crippen molar-refractivity contribution in [1.29, 1.82) is 0 Å². The van der Waals surface area contributed by atoms with Crippen molar-refractivity contribution in [2.24, 2.45) is 0 Å². The number of amides is 2. The molecule has 7 heteroatoms. The van der Waals surface area contributed by atoms with Gasteiger partial charge in [-0.05, 0) is 19.1 Å². The van der Waals surface area contributed by atoms with E-state index >= 15 is 0 Å². The van der Waals surface area contributed by atoms with E-state index in [0.717, 1.165) is 4.90 Å². The Morgan fingerprint density at radius 3 is 2.73 bits per heavy atom. The van der Waals surface area contributed by atoms with Gasteiger partial charge in [0.2, 0.25) is 5.91 Å². The minimum absolute atomic E-state index is 0.121. The maximum absolute atomic E-state index is 12.8. The molecule has 0 aromatic heterocycles. The molecule has 3 aliphatic heterocycles. The van der Waals surface area contributed by atoms with Crippen LogP contribution in [-0.4, -0.2) is 68.0 Å². The number of fused-ring (bicyclic) bond motifs is 4. The third kappa shape index (κ3) is 1.70. The van der Waals surface area contributed by atoms with E-state index < -0.39 is 24.3 Å². The largest absolute Gasteiger partial charge is 0.388 e. The van der Waals surface area contributed by atoms with E-state index in [1.165, 1.54) is 16.7 Å². The van der Waals surface area contributed by atoms with Crippen molar-refractivity contribution in [3.63, 3.8) is 0 Å². The summed E-state index contributed by atoms with van der Waals surface area (Å²) in [5.74, 6) is -0.404. The zero-order valence-electron chi connectivity index (χ0n) is 11.9. The summed E-state index contributed by atoms with van der Waals surface area (Å²) in [5.41, 5.74) is 0.588. The topological polar surface area (TPSA) is 81.1 Å². The highest BCUT2D eigenvalue weighted by Gasteiger charge is 2.57. The number of rotatable bonds is 0. The third-order valence-corrected chi connectivity index (χ3v) is 6.07. The van der Waals surface area contributed by atoms with Crippen LogP contribution in [-0.2, 0) is 4.79 Å². The number of aliphatic hydroxyl groups is 2. The van der Waals surface area contributed by atoms with Crippen molar-refractivity contribution in [3.05, 3.63) is 29.8 Å². The number of hydrogen-bond acceptors (Lipinski definition) is 5. The van der Waals surface area contributed by atoms with Gasteiger partial charge in [0, 0.05) is 11.4 Å². The van der Waals surface area contributed by atoms with Crippen LogP contribution in [0.1, 0.15) is 17.3 Å². The minimum Gasteiger partial charge on any atom is -0.388 e. The maximum atomic E-state index is 12.8. The molecule has 2 saturated heterocycles. The van der Waals surface area contributed by atoms with Gasteiger partial charge in [0.05, 0.1) is 17.7 Å². The van der Waals surface area contributed by atoms with Gasteiger partial charge in [-0.2, -0.15) is 0 Å². The fourth-order valence-corrected chi connectivity index (χ4v) is 5.12. The molecule has 4 rings (SSSR count). The number of hydrogen-bond donors (Lipinski definition) is 2. The summed E-state index contributed by atoms with van der Waals surface area (Å²) >= 11 is 1.47. The van der Waals surface area contributed by atoms with Crippen molar-refractivity contribution in [2.75, 3.05) is 6.54 Å². The molecule has 0 aliphatic carbocycles. The summed E-state index contributed by atoms with van der Waals surface area (Å²) in [5, 5.41) is 19.8. The molecule has 22 heavy (non-hydrogen) atoms. The van der Waals surface area contributed by atoms with E-state index in [-0.39, 0.29) is 23.7 Å².